The highest BCUT2D eigenvalue weighted by Gasteiger charge is 2.37. The Bertz CT molecular complexity index is 879. The van der Waals surface area contributed by atoms with Gasteiger partial charge >= 0.3 is 5.97 Å². The minimum Gasteiger partial charge on any atom is -0.466 e. The molecule has 1 aromatic carbocycles. The molecular weight excluding hydrogens is 448 g/mol. The van der Waals surface area contributed by atoms with Crippen molar-refractivity contribution in [3.8, 4) is 0 Å². The van der Waals surface area contributed by atoms with Crippen LogP contribution in [0.15, 0.2) is 21.5 Å². The largest absolute Gasteiger partial charge is 0.466 e. The summed E-state index contributed by atoms with van der Waals surface area (Å²) >= 11 is 3.40. The summed E-state index contributed by atoms with van der Waals surface area (Å²) in [4.78, 5) is 26.0. The van der Waals surface area contributed by atoms with E-state index < -0.39 is 10.0 Å². The predicted molar refractivity (Wildman–Crippen MR) is 109 cm³/mol. The van der Waals surface area contributed by atoms with Crippen molar-refractivity contribution in [1.82, 2.24) is 4.31 Å². The molecule has 1 aromatic rings. The molecule has 0 radical (unpaired) electrons. The van der Waals surface area contributed by atoms with Gasteiger partial charge in [-0.05, 0) is 43.9 Å². The molecule has 7 nitrogen and oxygen atoms in total. The number of piperidine rings is 1. The van der Waals surface area contributed by atoms with Gasteiger partial charge in [0.15, 0.2) is 0 Å². The van der Waals surface area contributed by atoms with Crippen LogP contribution in [-0.4, -0.2) is 50.8 Å². The molecule has 0 unspecified atom stereocenters. The molecule has 2 aliphatic rings. The maximum atomic E-state index is 13.4. The zero-order valence-corrected chi connectivity index (χ0v) is 18.5. The van der Waals surface area contributed by atoms with Crippen molar-refractivity contribution in [3.63, 3.8) is 0 Å². The molecule has 2 heterocycles. The van der Waals surface area contributed by atoms with E-state index in [2.05, 4.69) is 15.9 Å². The zero-order valence-electron chi connectivity index (χ0n) is 16.1. The molecule has 0 aliphatic carbocycles. The Morgan fingerprint density at radius 2 is 1.86 bits per heavy atom. The third-order valence-electron chi connectivity index (χ3n) is 5.29. The van der Waals surface area contributed by atoms with Crippen molar-refractivity contribution in [2.75, 3.05) is 31.1 Å². The average molecular weight is 473 g/mol. The van der Waals surface area contributed by atoms with E-state index in [1.165, 1.54) is 4.31 Å². The topological polar surface area (TPSA) is 84.0 Å². The van der Waals surface area contributed by atoms with Crippen LogP contribution in [0, 0.1) is 5.92 Å². The number of amides is 1. The van der Waals surface area contributed by atoms with E-state index >= 15 is 0 Å². The first-order chi connectivity index (χ1) is 13.3. The van der Waals surface area contributed by atoms with E-state index in [1.54, 1.807) is 24.8 Å². The molecule has 2 aliphatic heterocycles. The number of anilines is 1. The second-order valence-corrected chi connectivity index (χ2v) is 9.81. The third-order valence-corrected chi connectivity index (χ3v) is 7.66. The van der Waals surface area contributed by atoms with Crippen molar-refractivity contribution in [2.45, 2.75) is 44.4 Å². The van der Waals surface area contributed by atoms with Gasteiger partial charge in [0.05, 0.1) is 18.2 Å². The third kappa shape index (κ3) is 3.97. The summed E-state index contributed by atoms with van der Waals surface area (Å²) < 4.78 is 34.0. The van der Waals surface area contributed by atoms with Crippen molar-refractivity contribution < 1.29 is 22.7 Å². The van der Waals surface area contributed by atoms with Gasteiger partial charge < -0.3 is 9.64 Å². The van der Waals surface area contributed by atoms with E-state index in [4.69, 9.17) is 4.74 Å². The van der Waals surface area contributed by atoms with E-state index in [0.717, 1.165) is 5.56 Å². The molecule has 0 spiro atoms. The summed E-state index contributed by atoms with van der Waals surface area (Å²) in [5.41, 5.74) is 1.36. The monoisotopic (exact) mass is 472 g/mol. The highest BCUT2D eigenvalue weighted by Crippen LogP contribution is 2.39. The second-order valence-electron chi connectivity index (χ2n) is 6.99. The van der Waals surface area contributed by atoms with Crippen LogP contribution in [0.5, 0.6) is 0 Å². The molecular formula is C19H25BrN2O5S. The fourth-order valence-electron chi connectivity index (χ4n) is 3.84. The number of fused-ring (bicyclic) bond motifs is 1. The Labute approximate surface area is 174 Å². The van der Waals surface area contributed by atoms with E-state index in [0.29, 0.717) is 49.0 Å². The number of sulfonamides is 1. The van der Waals surface area contributed by atoms with Crippen molar-refractivity contribution in [1.29, 1.82) is 0 Å². The number of rotatable bonds is 5. The van der Waals surface area contributed by atoms with Crippen LogP contribution >= 0.6 is 15.9 Å². The summed E-state index contributed by atoms with van der Waals surface area (Å²) in [6, 6.07) is 3.46. The summed E-state index contributed by atoms with van der Waals surface area (Å²) in [5.74, 6) is -0.612. The SMILES string of the molecule is CCOC(=O)C1CCN(S(=O)(=O)c2cc(Br)cc3c2N(C(=O)CC)CC3)CC1. The molecule has 0 N–H and O–H groups in total. The van der Waals surface area contributed by atoms with Crippen LogP contribution in [0.3, 0.4) is 0 Å². The van der Waals surface area contributed by atoms with Gasteiger partial charge in [-0.25, -0.2) is 8.42 Å². The number of carbonyl (C=O) groups is 2. The van der Waals surface area contributed by atoms with Crippen LogP contribution in [0.2, 0.25) is 0 Å². The number of carbonyl (C=O) groups excluding carboxylic acids is 2. The molecule has 1 amide bonds. The van der Waals surface area contributed by atoms with Crippen molar-refractivity contribution in [3.05, 3.63) is 22.2 Å². The number of benzene rings is 1. The highest BCUT2D eigenvalue weighted by molar-refractivity contribution is 9.10. The number of hydrogen-bond acceptors (Lipinski definition) is 5. The molecule has 0 atom stereocenters. The number of halogens is 1. The molecule has 154 valence electrons. The normalized spacial score (nSPS) is 18.2. The Morgan fingerprint density at radius 3 is 2.46 bits per heavy atom. The Kier molecular flexibility index (Phi) is 6.46. The van der Waals surface area contributed by atoms with E-state index in [1.807, 2.05) is 6.07 Å². The Balaban J connectivity index is 1.90. The van der Waals surface area contributed by atoms with Crippen LogP contribution in [0.1, 0.15) is 38.7 Å². The van der Waals surface area contributed by atoms with Gasteiger partial charge in [0.25, 0.3) is 0 Å². The first kappa shape index (κ1) is 21.3. The van der Waals surface area contributed by atoms with Crippen molar-refractivity contribution >= 4 is 43.5 Å². The summed E-state index contributed by atoms with van der Waals surface area (Å²) in [6.07, 6.45) is 1.83. The van der Waals surface area contributed by atoms with Gasteiger partial charge in [-0.3, -0.25) is 9.59 Å². The Hall–Kier alpha value is -1.45. The fraction of sp³-hybridized carbons (Fsp3) is 0.579. The molecule has 0 aromatic heterocycles. The lowest BCUT2D eigenvalue weighted by molar-refractivity contribution is -0.149. The van der Waals surface area contributed by atoms with Gasteiger partial charge in [0, 0.05) is 30.5 Å². The lowest BCUT2D eigenvalue weighted by Gasteiger charge is -2.31. The number of hydrogen-bond donors (Lipinski definition) is 0. The molecule has 9 heteroatoms. The smallest absolute Gasteiger partial charge is 0.309 e. The summed E-state index contributed by atoms with van der Waals surface area (Å²) in [6.45, 7) is 4.86. The standard InChI is InChI=1S/C19H25BrN2O5S/c1-3-17(23)22-10-7-14-11-15(20)12-16(18(14)22)28(25,26)21-8-5-13(6-9-21)19(24)27-4-2/h11-13H,3-10H2,1-2H3. The maximum Gasteiger partial charge on any atom is 0.309 e. The number of esters is 1. The maximum absolute atomic E-state index is 13.4. The summed E-state index contributed by atoms with van der Waals surface area (Å²) in [5, 5.41) is 0. The van der Waals surface area contributed by atoms with Crippen LogP contribution < -0.4 is 4.90 Å². The van der Waals surface area contributed by atoms with Gasteiger partial charge in [-0.1, -0.05) is 22.9 Å². The lowest BCUT2D eigenvalue weighted by atomic mass is 9.98. The lowest BCUT2D eigenvalue weighted by Crippen LogP contribution is -2.41. The molecule has 28 heavy (non-hydrogen) atoms. The summed E-state index contributed by atoms with van der Waals surface area (Å²) in [7, 11) is -3.79. The number of ether oxygens (including phenoxy) is 1. The molecule has 0 saturated carbocycles. The first-order valence-electron chi connectivity index (χ1n) is 9.59. The van der Waals surface area contributed by atoms with Crippen LogP contribution in [0.25, 0.3) is 0 Å². The van der Waals surface area contributed by atoms with Gasteiger partial charge in [0.2, 0.25) is 15.9 Å². The van der Waals surface area contributed by atoms with E-state index in [9.17, 15) is 18.0 Å². The Morgan fingerprint density at radius 1 is 1.18 bits per heavy atom. The number of nitrogens with zero attached hydrogens (tertiary/aromatic N) is 2. The zero-order chi connectivity index (χ0) is 20.5. The minimum absolute atomic E-state index is 0.0847. The predicted octanol–water partition coefficient (Wildman–Crippen LogP) is 2.71. The van der Waals surface area contributed by atoms with Gasteiger partial charge in [-0.2, -0.15) is 4.31 Å². The van der Waals surface area contributed by atoms with Gasteiger partial charge in [0.1, 0.15) is 4.90 Å². The molecule has 0 bridgehead atoms. The van der Waals surface area contributed by atoms with Gasteiger partial charge in [-0.15, -0.1) is 0 Å². The molecule has 1 fully saturated rings. The second kappa shape index (κ2) is 8.51. The van der Waals surface area contributed by atoms with Crippen LogP contribution in [0.4, 0.5) is 5.69 Å². The van der Waals surface area contributed by atoms with E-state index in [-0.39, 0.29) is 35.8 Å². The molecule has 1 saturated heterocycles. The quantitative estimate of drug-likeness (QED) is 0.615. The van der Waals surface area contributed by atoms with Crippen LogP contribution in [-0.2, 0) is 30.8 Å². The average Bonchev–Trinajstić information content (AvgIpc) is 3.10. The first-order valence-corrected chi connectivity index (χ1v) is 11.8. The molecule has 3 rings (SSSR count). The fourth-order valence-corrected chi connectivity index (χ4v) is 6.23. The highest BCUT2D eigenvalue weighted by atomic mass is 79.9. The minimum atomic E-state index is -3.79. The van der Waals surface area contributed by atoms with Crippen molar-refractivity contribution in [2.24, 2.45) is 5.92 Å².